The smallest absolute Gasteiger partial charge is 0.251 e. The summed E-state index contributed by atoms with van der Waals surface area (Å²) in [7, 11) is 1.56. The molecule has 1 aromatic heterocycles. The minimum Gasteiger partial charge on any atom is -0.493 e. The Bertz CT molecular complexity index is 921. The van der Waals surface area contributed by atoms with Gasteiger partial charge < -0.3 is 14.8 Å². The number of hydrogen-bond donors (Lipinski definition) is 1. The molecule has 0 fully saturated rings. The lowest BCUT2D eigenvalue weighted by molar-refractivity contribution is 0.0939. The van der Waals surface area contributed by atoms with Gasteiger partial charge in [-0.3, -0.25) is 4.79 Å². The molecule has 0 radical (unpaired) electrons. The third kappa shape index (κ3) is 4.49. The first-order valence-electron chi connectivity index (χ1n) is 9.08. The van der Waals surface area contributed by atoms with E-state index in [-0.39, 0.29) is 18.1 Å². The van der Waals surface area contributed by atoms with Gasteiger partial charge in [-0.2, -0.15) is 5.10 Å². The Morgan fingerprint density at radius 3 is 2.43 bits per heavy atom. The van der Waals surface area contributed by atoms with Gasteiger partial charge in [0.1, 0.15) is 12.7 Å². The Balaban J connectivity index is 1.70. The van der Waals surface area contributed by atoms with Crippen molar-refractivity contribution < 1.29 is 14.3 Å². The topological polar surface area (TPSA) is 78.3 Å². The Morgan fingerprint density at radius 2 is 1.82 bits per heavy atom. The van der Waals surface area contributed by atoms with E-state index < -0.39 is 0 Å². The van der Waals surface area contributed by atoms with Crippen molar-refractivity contribution in [1.82, 2.24) is 20.1 Å². The molecule has 0 saturated carbocycles. The minimum atomic E-state index is -0.178. The molecule has 1 heterocycles. The van der Waals surface area contributed by atoms with Gasteiger partial charge in [-0.05, 0) is 56.7 Å². The van der Waals surface area contributed by atoms with Gasteiger partial charge in [-0.1, -0.05) is 12.1 Å². The van der Waals surface area contributed by atoms with E-state index in [0.29, 0.717) is 17.1 Å². The van der Waals surface area contributed by atoms with E-state index in [1.807, 2.05) is 45.0 Å². The summed E-state index contributed by atoms with van der Waals surface area (Å²) in [5.41, 5.74) is 2.41. The number of aromatic nitrogens is 3. The van der Waals surface area contributed by atoms with Crippen molar-refractivity contribution in [2.45, 2.75) is 32.9 Å². The highest BCUT2D eigenvalue weighted by atomic mass is 16.5. The Kier molecular flexibility index (Phi) is 5.93. The summed E-state index contributed by atoms with van der Waals surface area (Å²) in [5, 5.41) is 7.11. The molecule has 0 aliphatic carbocycles. The molecule has 3 rings (SSSR count). The molecule has 146 valence electrons. The van der Waals surface area contributed by atoms with Gasteiger partial charge >= 0.3 is 0 Å². The van der Waals surface area contributed by atoms with Crippen molar-refractivity contribution in [2.75, 3.05) is 7.11 Å². The lowest BCUT2D eigenvalue weighted by Crippen LogP contribution is -2.26. The molecule has 0 aliphatic rings. The van der Waals surface area contributed by atoms with Gasteiger partial charge in [0.15, 0.2) is 11.5 Å². The average molecular weight is 380 g/mol. The van der Waals surface area contributed by atoms with Gasteiger partial charge in [0.05, 0.1) is 24.9 Å². The van der Waals surface area contributed by atoms with Gasteiger partial charge in [0, 0.05) is 5.56 Å². The largest absolute Gasteiger partial charge is 0.493 e. The molecule has 0 spiro atoms. The van der Waals surface area contributed by atoms with Crippen LogP contribution in [-0.2, 0) is 0 Å². The van der Waals surface area contributed by atoms with Crippen LogP contribution in [-0.4, -0.2) is 33.9 Å². The standard InChI is InChI=1S/C21H24N4O3/c1-14(2)28-19-10-7-17(11-20(19)27-4)21(26)24-15(3)16-5-8-18(9-6-16)25-13-22-12-23-25/h5-15H,1-4H3,(H,24,26). The highest BCUT2D eigenvalue weighted by Gasteiger charge is 2.15. The van der Waals surface area contributed by atoms with Crippen LogP contribution in [0.2, 0.25) is 0 Å². The maximum Gasteiger partial charge on any atom is 0.251 e. The predicted molar refractivity (Wildman–Crippen MR) is 106 cm³/mol. The second-order valence-electron chi connectivity index (χ2n) is 6.66. The quantitative estimate of drug-likeness (QED) is 0.678. The zero-order valence-electron chi connectivity index (χ0n) is 16.4. The zero-order chi connectivity index (χ0) is 20.1. The van der Waals surface area contributed by atoms with Crippen LogP contribution in [0.25, 0.3) is 5.69 Å². The van der Waals surface area contributed by atoms with Gasteiger partial charge in [-0.15, -0.1) is 0 Å². The number of hydrogen-bond acceptors (Lipinski definition) is 5. The minimum absolute atomic E-state index is 0.0223. The van der Waals surface area contributed by atoms with Gasteiger partial charge in [0.2, 0.25) is 0 Å². The van der Waals surface area contributed by atoms with Crippen LogP contribution in [0.5, 0.6) is 11.5 Å². The van der Waals surface area contributed by atoms with Crippen LogP contribution in [0.1, 0.15) is 42.7 Å². The van der Waals surface area contributed by atoms with Crippen LogP contribution < -0.4 is 14.8 Å². The van der Waals surface area contributed by atoms with Crippen LogP contribution >= 0.6 is 0 Å². The lowest BCUT2D eigenvalue weighted by Gasteiger charge is -2.17. The van der Waals surface area contributed by atoms with Crippen molar-refractivity contribution in [3.05, 3.63) is 66.2 Å². The van der Waals surface area contributed by atoms with E-state index in [1.165, 1.54) is 6.33 Å². The number of benzene rings is 2. The number of carbonyl (C=O) groups is 1. The normalized spacial score (nSPS) is 11.9. The molecule has 1 N–H and O–H groups in total. The van der Waals surface area contributed by atoms with Crippen LogP contribution in [0.4, 0.5) is 0 Å². The molecule has 3 aromatic rings. The molecule has 7 nitrogen and oxygen atoms in total. The summed E-state index contributed by atoms with van der Waals surface area (Å²) in [6, 6.07) is 12.8. The Morgan fingerprint density at radius 1 is 1.07 bits per heavy atom. The van der Waals surface area contributed by atoms with Crippen molar-refractivity contribution in [3.63, 3.8) is 0 Å². The number of carbonyl (C=O) groups excluding carboxylic acids is 1. The van der Waals surface area contributed by atoms with E-state index in [4.69, 9.17) is 9.47 Å². The monoisotopic (exact) mass is 380 g/mol. The fourth-order valence-electron chi connectivity index (χ4n) is 2.78. The molecule has 1 atom stereocenters. The molecule has 7 heteroatoms. The molecule has 2 aromatic carbocycles. The fourth-order valence-corrected chi connectivity index (χ4v) is 2.78. The van der Waals surface area contributed by atoms with Crippen LogP contribution in [0, 0.1) is 0 Å². The summed E-state index contributed by atoms with van der Waals surface area (Å²) in [4.78, 5) is 16.6. The fraction of sp³-hybridized carbons (Fsp3) is 0.286. The Hall–Kier alpha value is -3.35. The highest BCUT2D eigenvalue weighted by molar-refractivity contribution is 5.95. The predicted octanol–water partition coefficient (Wildman–Crippen LogP) is 3.55. The third-order valence-electron chi connectivity index (χ3n) is 4.21. The van der Waals surface area contributed by atoms with E-state index in [1.54, 1.807) is 36.3 Å². The molecule has 1 unspecified atom stereocenters. The molecule has 28 heavy (non-hydrogen) atoms. The number of rotatable bonds is 7. The van der Waals surface area contributed by atoms with Crippen LogP contribution in [0.15, 0.2) is 55.1 Å². The van der Waals surface area contributed by atoms with Gasteiger partial charge in [-0.25, -0.2) is 9.67 Å². The summed E-state index contributed by atoms with van der Waals surface area (Å²) < 4.78 is 12.7. The Labute approximate surface area is 164 Å². The molecular weight excluding hydrogens is 356 g/mol. The van der Waals surface area contributed by atoms with E-state index >= 15 is 0 Å². The van der Waals surface area contributed by atoms with Crippen molar-refractivity contribution in [1.29, 1.82) is 0 Å². The third-order valence-corrected chi connectivity index (χ3v) is 4.21. The maximum atomic E-state index is 12.7. The van der Waals surface area contributed by atoms with Crippen molar-refractivity contribution in [3.8, 4) is 17.2 Å². The van der Waals surface area contributed by atoms with E-state index in [9.17, 15) is 4.79 Å². The zero-order valence-corrected chi connectivity index (χ0v) is 16.4. The van der Waals surface area contributed by atoms with Crippen LogP contribution in [0.3, 0.4) is 0 Å². The number of ether oxygens (including phenoxy) is 2. The maximum absolute atomic E-state index is 12.7. The highest BCUT2D eigenvalue weighted by Crippen LogP contribution is 2.29. The summed E-state index contributed by atoms with van der Waals surface area (Å²) in [5.74, 6) is 0.972. The first-order chi connectivity index (χ1) is 13.5. The van der Waals surface area contributed by atoms with E-state index in [2.05, 4.69) is 15.4 Å². The first-order valence-corrected chi connectivity index (χ1v) is 9.08. The number of methoxy groups -OCH3 is 1. The molecule has 1 amide bonds. The molecule has 0 saturated heterocycles. The molecule has 0 aliphatic heterocycles. The molecular formula is C21H24N4O3. The van der Waals surface area contributed by atoms with Crippen molar-refractivity contribution >= 4 is 5.91 Å². The number of nitrogens with zero attached hydrogens (tertiary/aromatic N) is 3. The molecule has 0 bridgehead atoms. The summed E-state index contributed by atoms with van der Waals surface area (Å²) in [6.45, 7) is 5.82. The van der Waals surface area contributed by atoms with Gasteiger partial charge in [0.25, 0.3) is 5.91 Å². The lowest BCUT2D eigenvalue weighted by atomic mass is 10.1. The summed E-state index contributed by atoms with van der Waals surface area (Å²) >= 11 is 0. The first kappa shape index (κ1) is 19.4. The average Bonchev–Trinajstić information content (AvgIpc) is 3.22. The SMILES string of the molecule is COc1cc(C(=O)NC(C)c2ccc(-n3cncn3)cc2)ccc1OC(C)C. The second-order valence-corrected chi connectivity index (χ2v) is 6.66. The number of amides is 1. The number of nitrogens with one attached hydrogen (secondary N) is 1. The van der Waals surface area contributed by atoms with E-state index in [0.717, 1.165) is 11.3 Å². The summed E-state index contributed by atoms with van der Waals surface area (Å²) in [6.07, 6.45) is 3.15. The van der Waals surface area contributed by atoms with Crippen molar-refractivity contribution in [2.24, 2.45) is 0 Å². The second kappa shape index (κ2) is 8.56.